The Labute approximate surface area is 124 Å². The Hall–Kier alpha value is -2.17. The summed E-state index contributed by atoms with van der Waals surface area (Å²) in [4.78, 5) is 16.7. The maximum atomic E-state index is 12.2. The van der Waals surface area contributed by atoms with E-state index in [1.165, 1.54) is 0 Å². The molecular formula is C16H20N4O. The van der Waals surface area contributed by atoms with E-state index >= 15 is 0 Å². The Morgan fingerprint density at radius 1 is 1.38 bits per heavy atom. The summed E-state index contributed by atoms with van der Waals surface area (Å²) in [6.45, 7) is 4.14. The van der Waals surface area contributed by atoms with Gasteiger partial charge in [0.2, 0.25) is 5.91 Å². The van der Waals surface area contributed by atoms with E-state index in [1.807, 2.05) is 10.7 Å². The summed E-state index contributed by atoms with van der Waals surface area (Å²) in [6, 6.07) is 2.20. The van der Waals surface area contributed by atoms with Gasteiger partial charge in [0.05, 0.1) is 18.1 Å². The van der Waals surface area contributed by atoms with Gasteiger partial charge >= 0.3 is 0 Å². The zero-order chi connectivity index (χ0) is 14.8. The second-order valence-electron chi connectivity index (χ2n) is 5.79. The summed E-state index contributed by atoms with van der Waals surface area (Å²) in [7, 11) is 0. The molecule has 0 radical (unpaired) electrons. The van der Waals surface area contributed by atoms with Crippen LogP contribution in [0.15, 0.2) is 30.6 Å². The number of carbonyl (C=O) groups is 1. The van der Waals surface area contributed by atoms with E-state index in [0.29, 0.717) is 0 Å². The van der Waals surface area contributed by atoms with Crippen LogP contribution >= 0.6 is 0 Å². The van der Waals surface area contributed by atoms with Gasteiger partial charge in [-0.1, -0.05) is 12.2 Å². The fourth-order valence-corrected chi connectivity index (χ4v) is 2.66. The lowest BCUT2D eigenvalue weighted by atomic mass is 9.93. The van der Waals surface area contributed by atoms with Crippen LogP contribution in [0.1, 0.15) is 39.2 Å². The van der Waals surface area contributed by atoms with Gasteiger partial charge in [-0.3, -0.25) is 4.79 Å². The molecule has 0 saturated heterocycles. The fourth-order valence-electron chi connectivity index (χ4n) is 2.66. The highest BCUT2D eigenvalue weighted by molar-refractivity contribution is 5.94. The Morgan fingerprint density at radius 2 is 2.24 bits per heavy atom. The molecule has 5 heteroatoms. The van der Waals surface area contributed by atoms with Crippen LogP contribution in [0.5, 0.6) is 0 Å². The van der Waals surface area contributed by atoms with E-state index in [1.54, 1.807) is 12.4 Å². The first-order valence-electron chi connectivity index (χ1n) is 7.44. The summed E-state index contributed by atoms with van der Waals surface area (Å²) in [6.07, 6.45) is 10.5. The summed E-state index contributed by atoms with van der Waals surface area (Å²) in [5, 5.41) is 8.26. The third-order valence-electron chi connectivity index (χ3n) is 3.83. The van der Waals surface area contributed by atoms with Gasteiger partial charge < -0.3 is 5.32 Å². The van der Waals surface area contributed by atoms with Gasteiger partial charge in [-0.25, -0.2) is 9.67 Å². The molecule has 0 fully saturated rings. The molecule has 110 valence electrons. The maximum Gasteiger partial charge on any atom is 0.227 e. The molecule has 3 rings (SSSR count). The number of carbonyl (C=O) groups excluding carboxylic acids is 1. The number of aromatic nitrogens is 3. The lowest BCUT2D eigenvalue weighted by molar-refractivity contribution is -0.120. The third kappa shape index (κ3) is 2.82. The highest BCUT2D eigenvalue weighted by Gasteiger charge is 2.19. The molecule has 2 aromatic heterocycles. The van der Waals surface area contributed by atoms with Crippen LogP contribution < -0.4 is 5.32 Å². The van der Waals surface area contributed by atoms with E-state index in [9.17, 15) is 4.79 Å². The van der Waals surface area contributed by atoms with Crippen molar-refractivity contribution >= 4 is 22.6 Å². The first-order chi connectivity index (χ1) is 10.1. The van der Waals surface area contributed by atoms with E-state index in [0.717, 1.165) is 36.0 Å². The van der Waals surface area contributed by atoms with Crippen molar-refractivity contribution < 1.29 is 4.79 Å². The van der Waals surface area contributed by atoms with E-state index in [-0.39, 0.29) is 17.9 Å². The van der Waals surface area contributed by atoms with Gasteiger partial charge in [0.15, 0.2) is 5.65 Å². The molecule has 0 bridgehead atoms. The predicted molar refractivity (Wildman–Crippen MR) is 83.0 cm³/mol. The number of allylic oxidation sites excluding steroid dienone is 2. The molecule has 21 heavy (non-hydrogen) atoms. The quantitative estimate of drug-likeness (QED) is 0.880. The van der Waals surface area contributed by atoms with E-state index in [2.05, 4.69) is 41.4 Å². The fraction of sp³-hybridized carbons (Fsp3) is 0.438. The van der Waals surface area contributed by atoms with Crippen molar-refractivity contribution in [1.29, 1.82) is 0 Å². The molecule has 0 saturated carbocycles. The second-order valence-corrected chi connectivity index (χ2v) is 5.79. The molecule has 1 aliphatic carbocycles. The van der Waals surface area contributed by atoms with E-state index < -0.39 is 0 Å². The lowest BCUT2D eigenvalue weighted by Crippen LogP contribution is -2.23. The summed E-state index contributed by atoms with van der Waals surface area (Å²) in [5.41, 5.74) is 1.59. The second kappa shape index (κ2) is 5.68. The van der Waals surface area contributed by atoms with Gasteiger partial charge in [0.25, 0.3) is 0 Å². The molecule has 2 aromatic rings. The Balaban J connectivity index is 1.78. The lowest BCUT2D eigenvalue weighted by Gasteiger charge is -2.17. The van der Waals surface area contributed by atoms with Crippen LogP contribution in [0.4, 0.5) is 5.69 Å². The van der Waals surface area contributed by atoms with Crippen molar-refractivity contribution in [2.75, 3.05) is 5.32 Å². The molecular weight excluding hydrogens is 264 g/mol. The zero-order valence-electron chi connectivity index (χ0n) is 12.4. The Kier molecular flexibility index (Phi) is 3.73. The van der Waals surface area contributed by atoms with Crippen LogP contribution in [0, 0.1) is 5.92 Å². The number of nitrogens with one attached hydrogen (secondary N) is 1. The third-order valence-corrected chi connectivity index (χ3v) is 3.83. The van der Waals surface area contributed by atoms with Crippen LogP contribution in [0.3, 0.4) is 0 Å². The van der Waals surface area contributed by atoms with Crippen molar-refractivity contribution in [1.82, 2.24) is 14.8 Å². The highest BCUT2D eigenvalue weighted by atomic mass is 16.1. The normalized spacial score (nSPS) is 18.3. The largest absolute Gasteiger partial charge is 0.324 e. The smallest absolute Gasteiger partial charge is 0.227 e. The van der Waals surface area contributed by atoms with Crippen LogP contribution in [-0.2, 0) is 4.79 Å². The number of anilines is 1. The van der Waals surface area contributed by atoms with Crippen LogP contribution in [0.25, 0.3) is 11.0 Å². The van der Waals surface area contributed by atoms with Gasteiger partial charge in [0, 0.05) is 17.3 Å². The topological polar surface area (TPSA) is 59.8 Å². The molecule has 1 N–H and O–H groups in total. The number of hydrogen-bond donors (Lipinski definition) is 1. The number of amides is 1. The Morgan fingerprint density at radius 3 is 2.95 bits per heavy atom. The highest BCUT2D eigenvalue weighted by Crippen LogP contribution is 2.22. The summed E-state index contributed by atoms with van der Waals surface area (Å²) in [5.74, 6) is 0.154. The Bertz CT molecular complexity index is 687. The van der Waals surface area contributed by atoms with Gasteiger partial charge in [-0.2, -0.15) is 5.10 Å². The van der Waals surface area contributed by atoms with Crippen LogP contribution in [0.2, 0.25) is 0 Å². The predicted octanol–water partition coefficient (Wildman–Crippen LogP) is 3.31. The minimum atomic E-state index is 0.0732. The number of nitrogens with zero attached hydrogens (tertiary/aromatic N) is 3. The first-order valence-corrected chi connectivity index (χ1v) is 7.44. The van der Waals surface area contributed by atoms with Crippen LogP contribution in [-0.4, -0.2) is 20.7 Å². The SMILES string of the molecule is CC(C)n1ncc2cc(NC(=O)[C@@H]3CC=CCC3)cnc21. The molecule has 0 aliphatic heterocycles. The van der Waals surface area contributed by atoms with Crippen molar-refractivity contribution in [2.24, 2.45) is 5.92 Å². The standard InChI is InChI=1S/C16H20N4O/c1-11(2)20-15-13(9-18-20)8-14(10-17-15)19-16(21)12-6-4-3-5-7-12/h3-4,8-12H,5-7H2,1-2H3,(H,19,21)/t12-/m1/s1. The van der Waals surface area contributed by atoms with Gasteiger partial charge in [-0.05, 0) is 39.2 Å². The van der Waals surface area contributed by atoms with E-state index in [4.69, 9.17) is 0 Å². The minimum absolute atomic E-state index is 0.0732. The average Bonchev–Trinajstić information content (AvgIpc) is 2.91. The number of pyridine rings is 1. The van der Waals surface area contributed by atoms with Crippen molar-refractivity contribution in [3.05, 3.63) is 30.6 Å². The molecule has 2 heterocycles. The monoisotopic (exact) mass is 284 g/mol. The van der Waals surface area contributed by atoms with Gasteiger partial charge in [0.1, 0.15) is 0 Å². The molecule has 1 aliphatic rings. The summed E-state index contributed by atoms with van der Waals surface area (Å²) >= 11 is 0. The number of fused-ring (bicyclic) bond motifs is 1. The van der Waals surface area contributed by atoms with Crippen molar-refractivity contribution in [2.45, 2.75) is 39.2 Å². The summed E-state index contributed by atoms with van der Waals surface area (Å²) < 4.78 is 1.88. The molecule has 0 spiro atoms. The molecule has 1 atom stereocenters. The molecule has 5 nitrogen and oxygen atoms in total. The average molecular weight is 284 g/mol. The van der Waals surface area contributed by atoms with Crippen molar-refractivity contribution in [3.8, 4) is 0 Å². The first kappa shape index (κ1) is 13.8. The number of hydrogen-bond acceptors (Lipinski definition) is 3. The zero-order valence-corrected chi connectivity index (χ0v) is 12.4. The molecule has 0 unspecified atom stereocenters. The molecule has 0 aromatic carbocycles. The van der Waals surface area contributed by atoms with Gasteiger partial charge in [-0.15, -0.1) is 0 Å². The molecule has 1 amide bonds. The number of rotatable bonds is 3. The minimum Gasteiger partial charge on any atom is -0.324 e. The van der Waals surface area contributed by atoms with Crippen molar-refractivity contribution in [3.63, 3.8) is 0 Å². The maximum absolute atomic E-state index is 12.2.